The average molecular weight is 296 g/mol. The second kappa shape index (κ2) is 6.72. The highest BCUT2D eigenvalue weighted by Gasteiger charge is 2.33. The van der Waals surface area contributed by atoms with Crippen molar-refractivity contribution in [3.63, 3.8) is 0 Å². The Morgan fingerprint density at radius 2 is 2.10 bits per heavy atom. The van der Waals surface area contributed by atoms with E-state index in [9.17, 15) is 9.59 Å². The highest BCUT2D eigenvalue weighted by Crippen LogP contribution is 2.23. The molecular weight excluding hydrogens is 278 g/mol. The number of hydrogen-bond donors (Lipinski definition) is 2. The van der Waals surface area contributed by atoms with Crippen LogP contribution in [0.5, 0.6) is 0 Å². The molecule has 1 aliphatic rings. The number of rotatable bonds is 5. The van der Waals surface area contributed by atoms with Gasteiger partial charge in [0.1, 0.15) is 6.04 Å². The molecule has 0 aromatic heterocycles. The zero-order valence-electron chi connectivity index (χ0n) is 11.4. The number of nitrogens with zero attached hydrogens (tertiary/aromatic N) is 1. The normalized spacial score (nSPS) is 18.4. The summed E-state index contributed by atoms with van der Waals surface area (Å²) in [6, 6.07) is 6.71. The number of halogens is 1. The number of hydrogen-bond acceptors (Lipinski definition) is 3. The fourth-order valence-corrected chi connectivity index (χ4v) is 2.32. The fourth-order valence-electron chi connectivity index (χ4n) is 2.20. The molecule has 1 aromatic carbocycles. The molecule has 6 heteroatoms. The standard InChI is InChI=1S/C14H18ClN3O2/c1-16-8-6-13(19)17-12-7-9-18(14(12)20)11-4-2-10(15)3-5-11/h2-5,12,16H,6-9H2,1H3,(H,17,19). The summed E-state index contributed by atoms with van der Waals surface area (Å²) >= 11 is 5.83. The quantitative estimate of drug-likeness (QED) is 0.857. The van der Waals surface area contributed by atoms with E-state index in [-0.39, 0.29) is 11.8 Å². The van der Waals surface area contributed by atoms with Gasteiger partial charge in [0, 0.05) is 30.2 Å². The van der Waals surface area contributed by atoms with Gasteiger partial charge >= 0.3 is 0 Å². The largest absolute Gasteiger partial charge is 0.344 e. The molecule has 2 rings (SSSR count). The topological polar surface area (TPSA) is 61.4 Å². The van der Waals surface area contributed by atoms with Crippen molar-refractivity contribution >= 4 is 29.1 Å². The highest BCUT2D eigenvalue weighted by atomic mass is 35.5. The molecule has 1 unspecified atom stereocenters. The third kappa shape index (κ3) is 3.49. The maximum atomic E-state index is 12.3. The van der Waals surface area contributed by atoms with Crippen LogP contribution in [0.2, 0.25) is 5.02 Å². The van der Waals surface area contributed by atoms with Gasteiger partial charge in [-0.15, -0.1) is 0 Å². The van der Waals surface area contributed by atoms with E-state index in [4.69, 9.17) is 11.6 Å². The van der Waals surface area contributed by atoms with Gasteiger partial charge < -0.3 is 15.5 Å². The van der Waals surface area contributed by atoms with Crippen LogP contribution >= 0.6 is 11.6 Å². The molecule has 0 radical (unpaired) electrons. The van der Waals surface area contributed by atoms with Gasteiger partial charge in [-0.3, -0.25) is 9.59 Å². The summed E-state index contributed by atoms with van der Waals surface area (Å²) in [7, 11) is 1.79. The Morgan fingerprint density at radius 1 is 1.40 bits per heavy atom. The van der Waals surface area contributed by atoms with Crippen LogP contribution in [0.15, 0.2) is 24.3 Å². The molecule has 0 bridgehead atoms. The van der Waals surface area contributed by atoms with E-state index in [2.05, 4.69) is 10.6 Å². The van der Waals surface area contributed by atoms with E-state index in [1.807, 2.05) is 12.1 Å². The average Bonchev–Trinajstić information content (AvgIpc) is 2.79. The van der Waals surface area contributed by atoms with Crippen LogP contribution in [0.3, 0.4) is 0 Å². The number of carbonyl (C=O) groups is 2. The minimum atomic E-state index is -0.421. The Hall–Kier alpha value is -1.59. The molecule has 108 valence electrons. The lowest BCUT2D eigenvalue weighted by Gasteiger charge is -2.17. The lowest BCUT2D eigenvalue weighted by Crippen LogP contribution is -2.42. The number of amides is 2. The molecule has 0 aliphatic carbocycles. The first-order chi connectivity index (χ1) is 9.61. The molecule has 0 saturated carbocycles. The SMILES string of the molecule is CNCCC(=O)NC1CCN(c2ccc(Cl)cc2)C1=O. The van der Waals surface area contributed by atoms with E-state index in [0.717, 1.165) is 5.69 Å². The third-order valence-electron chi connectivity index (χ3n) is 3.28. The van der Waals surface area contributed by atoms with Crippen molar-refractivity contribution in [3.8, 4) is 0 Å². The number of carbonyl (C=O) groups excluding carboxylic acids is 2. The highest BCUT2D eigenvalue weighted by molar-refractivity contribution is 6.30. The summed E-state index contributed by atoms with van der Waals surface area (Å²) in [5, 5.41) is 6.32. The molecule has 1 fully saturated rings. The zero-order valence-corrected chi connectivity index (χ0v) is 12.1. The van der Waals surface area contributed by atoms with E-state index < -0.39 is 6.04 Å². The van der Waals surface area contributed by atoms with Gasteiger partial charge in [-0.1, -0.05) is 11.6 Å². The monoisotopic (exact) mass is 295 g/mol. The Bertz CT molecular complexity index is 490. The maximum Gasteiger partial charge on any atom is 0.249 e. The van der Waals surface area contributed by atoms with E-state index >= 15 is 0 Å². The van der Waals surface area contributed by atoms with Crippen molar-refractivity contribution in [2.75, 3.05) is 25.0 Å². The van der Waals surface area contributed by atoms with Crippen LogP contribution < -0.4 is 15.5 Å². The first-order valence-corrected chi connectivity index (χ1v) is 7.00. The van der Waals surface area contributed by atoms with Crippen LogP contribution in [0.25, 0.3) is 0 Å². The minimum absolute atomic E-state index is 0.0647. The molecule has 2 N–H and O–H groups in total. The summed E-state index contributed by atoms with van der Waals surface area (Å²) in [6.07, 6.45) is 1.01. The summed E-state index contributed by atoms with van der Waals surface area (Å²) in [6.45, 7) is 1.21. The molecule has 1 atom stereocenters. The summed E-state index contributed by atoms with van der Waals surface area (Å²) in [5.41, 5.74) is 0.811. The Morgan fingerprint density at radius 3 is 2.75 bits per heavy atom. The Labute approximate surface area is 123 Å². The molecule has 5 nitrogen and oxygen atoms in total. The molecule has 20 heavy (non-hydrogen) atoms. The smallest absolute Gasteiger partial charge is 0.249 e. The van der Waals surface area contributed by atoms with E-state index in [0.29, 0.717) is 31.0 Å². The van der Waals surface area contributed by atoms with Crippen molar-refractivity contribution in [2.24, 2.45) is 0 Å². The minimum Gasteiger partial charge on any atom is -0.344 e. The molecule has 1 saturated heterocycles. The molecule has 2 amide bonds. The first kappa shape index (κ1) is 14.8. The van der Waals surface area contributed by atoms with Gasteiger partial charge in [0.05, 0.1) is 0 Å². The fraction of sp³-hybridized carbons (Fsp3) is 0.429. The number of nitrogens with one attached hydrogen (secondary N) is 2. The number of anilines is 1. The lowest BCUT2D eigenvalue weighted by molar-refractivity contribution is -0.126. The van der Waals surface area contributed by atoms with E-state index in [1.54, 1.807) is 24.1 Å². The summed E-state index contributed by atoms with van der Waals surface area (Å²) in [5.74, 6) is -0.166. The Kier molecular flexibility index (Phi) is 4.98. The van der Waals surface area contributed by atoms with E-state index in [1.165, 1.54) is 0 Å². The van der Waals surface area contributed by atoms with Gasteiger partial charge in [0.25, 0.3) is 0 Å². The van der Waals surface area contributed by atoms with Gasteiger partial charge in [-0.25, -0.2) is 0 Å². The summed E-state index contributed by atoms with van der Waals surface area (Å²) < 4.78 is 0. The maximum absolute atomic E-state index is 12.3. The third-order valence-corrected chi connectivity index (χ3v) is 3.53. The molecule has 1 heterocycles. The van der Waals surface area contributed by atoms with Crippen LogP contribution in [-0.4, -0.2) is 38.0 Å². The zero-order chi connectivity index (χ0) is 14.5. The van der Waals surface area contributed by atoms with Gasteiger partial charge in [-0.2, -0.15) is 0 Å². The lowest BCUT2D eigenvalue weighted by atomic mass is 10.2. The van der Waals surface area contributed by atoms with Gasteiger partial charge in [0.15, 0.2) is 0 Å². The van der Waals surface area contributed by atoms with Crippen molar-refractivity contribution in [2.45, 2.75) is 18.9 Å². The van der Waals surface area contributed by atoms with Crippen LogP contribution in [0.1, 0.15) is 12.8 Å². The predicted octanol–water partition coefficient (Wildman–Crippen LogP) is 1.17. The second-order valence-corrected chi connectivity index (χ2v) is 5.17. The first-order valence-electron chi connectivity index (χ1n) is 6.62. The van der Waals surface area contributed by atoms with Crippen LogP contribution in [-0.2, 0) is 9.59 Å². The summed E-state index contributed by atoms with van der Waals surface area (Å²) in [4.78, 5) is 25.6. The molecule has 0 spiro atoms. The van der Waals surface area contributed by atoms with Gasteiger partial charge in [-0.05, 0) is 37.7 Å². The molecule has 1 aromatic rings. The number of benzene rings is 1. The predicted molar refractivity (Wildman–Crippen MR) is 78.9 cm³/mol. The van der Waals surface area contributed by atoms with Crippen molar-refractivity contribution in [3.05, 3.63) is 29.3 Å². The van der Waals surface area contributed by atoms with Crippen molar-refractivity contribution in [1.29, 1.82) is 0 Å². The van der Waals surface area contributed by atoms with Crippen LogP contribution in [0, 0.1) is 0 Å². The van der Waals surface area contributed by atoms with Crippen molar-refractivity contribution in [1.82, 2.24) is 10.6 Å². The van der Waals surface area contributed by atoms with Gasteiger partial charge in [0.2, 0.25) is 11.8 Å². The van der Waals surface area contributed by atoms with Crippen LogP contribution in [0.4, 0.5) is 5.69 Å². The van der Waals surface area contributed by atoms with Crippen molar-refractivity contribution < 1.29 is 9.59 Å². The Balaban J connectivity index is 1.95. The molecular formula is C14H18ClN3O2. The second-order valence-electron chi connectivity index (χ2n) is 4.73. The molecule has 1 aliphatic heterocycles.